The number of hydrogen-bond acceptors (Lipinski definition) is 6. The van der Waals surface area contributed by atoms with Crippen LogP contribution >= 0.6 is 34.9 Å². The molecular formula is C14H25N3S3. The Labute approximate surface area is 135 Å². The van der Waals surface area contributed by atoms with Crippen molar-refractivity contribution in [3.63, 3.8) is 0 Å². The Morgan fingerprint density at radius 2 is 2.10 bits per heavy atom. The maximum absolute atomic E-state index is 4.33. The zero-order valence-corrected chi connectivity index (χ0v) is 15.3. The average Bonchev–Trinajstić information content (AvgIpc) is 2.85. The second-order valence-corrected chi connectivity index (χ2v) is 9.68. The van der Waals surface area contributed by atoms with Crippen LogP contribution < -0.4 is 5.32 Å². The SMILES string of the molecule is CCCNC1CCC(C)(C)CC1Sc1nnc(SC)s1. The molecule has 1 aliphatic carbocycles. The van der Waals surface area contributed by atoms with Gasteiger partial charge >= 0.3 is 0 Å². The normalized spacial score (nSPS) is 25.8. The van der Waals surface area contributed by atoms with Crippen LogP contribution in [-0.4, -0.2) is 34.3 Å². The van der Waals surface area contributed by atoms with Crippen molar-refractivity contribution in [2.45, 2.75) is 66.4 Å². The van der Waals surface area contributed by atoms with E-state index in [1.165, 1.54) is 25.7 Å². The van der Waals surface area contributed by atoms with Gasteiger partial charge in [0.2, 0.25) is 0 Å². The first-order chi connectivity index (χ1) is 9.54. The molecule has 0 bridgehead atoms. The quantitative estimate of drug-likeness (QED) is 0.787. The Morgan fingerprint density at radius 1 is 1.35 bits per heavy atom. The fraction of sp³-hybridized carbons (Fsp3) is 0.857. The maximum Gasteiger partial charge on any atom is 0.175 e. The summed E-state index contributed by atoms with van der Waals surface area (Å²) in [6, 6.07) is 0.620. The van der Waals surface area contributed by atoms with E-state index in [1.54, 1.807) is 23.1 Å². The van der Waals surface area contributed by atoms with E-state index in [4.69, 9.17) is 0 Å². The third-order valence-corrected chi connectivity index (χ3v) is 7.12. The molecule has 1 aromatic heterocycles. The Hall–Kier alpha value is 0.220. The topological polar surface area (TPSA) is 37.8 Å². The molecule has 20 heavy (non-hydrogen) atoms. The van der Waals surface area contributed by atoms with Crippen LogP contribution in [0.4, 0.5) is 0 Å². The lowest BCUT2D eigenvalue weighted by Crippen LogP contribution is -2.45. The van der Waals surface area contributed by atoms with E-state index in [0.717, 1.165) is 15.2 Å². The lowest BCUT2D eigenvalue weighted by Gasteiger charge is -2.40. The summed E-state index contributed by atoms with van der Waals surface area (Å²) in [5, 5.41) is 12.9. The molecule has 114 valence electrons. The summed E-state index contributed by atoms with van der Waals surface area (Å²) < 4.78 is 2.20. The van der Waals surface area contributed by atoms with Crippen LogP contribution in [-0.2, 0) is 0 Å². The zero-order chi connectivity index (χ0) is 14.6. The fourth-order valence-corrected chi connectivity index (χ4v) is 5.91. The molecule has 1 N–H and O–H groups in total. The van der Waals surface area contributed by atoms with Crippen LogP contribution in [0.15, 0.2) is 8.68 Å². The Morgan fingerprint density at radius 3 is 2.75 bits per heavy atom. The van der Waals surface area contributed by atoms with Gasteiger partial charge in [-0.2, -0.15) is 0 Å². The molecule has 1 fully saturated rings. The van der Waals surface area contributed by atoms with E-state index in [1.807, 2.05) is 11.8 Å². The van der Waals surface area contributed by atoms with Gasteiger partial charge in [-0.05, 0) is 43.9 Å². The third kappa shape index (κ3) is 4.61. The van der Waals surface area contributed by atoms with Crippen molar-refractivity contribution in [1.29, 1.82) is 0 Å². The van der Waals surface area contributed by atoms with Gasteiger partial charge in [0.05, 0.1) is 0 Å². The number of nitrogens with one attached hydrogen (secondary N) is 1. The van der Waals surface area contributed by atoms with Gasteiger partial charge in [0.15, 0.2) is 8.68 Å². The minimum absolute atomic E-state index is 0.453. The lowest BCUT2D eigenvalue weighted by atomic mass is 9.75. The van der Waals surface area contributed by atoms with Crippen LogP contribution in [0.3, 0.4) is 0 Å². The summed E-state index contributed by atoms with van der Waals surface area (Å²) in [5.74, 6) is 0. The number of nitrogens with zero attached hydrogens (tertiary/aromatic N) is 2. The number of rotatable bonds is 6. The first-order valence-electron chi connectivity index (χ1n) is 7.31. The lowest BCUT2D eigenvalue weighted by molar-refractivity contribution is 0.214. The average molecular weight is 332 g/mol. The van der Waals surface area contributed by atoms with E-state index in [9.17, 15) is 0 Å². The molecule has 2 atom stereocenters. The minimum Gasteiger partial charge on any atom is -0.313 e. The van der Waals surface area contributed by atoms with Gasteiger partial charge in [-0.1, -0.05) is 55.6 Å². The van der Waals surface area contributed by atoms with Crippen LogP contribution in [0.25, 0.3) is 0 Å². The first kappa shape index (κ1) is 16.6. The molecule has 0 aliphatic heterocycles. The summed E-state index contributed by atoms with van der Waals surface area (Å²) >= 11 is 5.34. The van der Waals surface area contributed by atoms with Gasteiger partial charge in [0.1, 0.15) is 0 Å². The second kappa shape index (κ2) is 7.47. The highest BCUT2D eigenvalue weighted by atomic mass is 32.2. The van der Waals surface area contributed by atoms with Crippen molar-refractivity contribution in [2.24, 2.45) is 5.41 Å². The smallest absolute Gasteiger partial charge is 0.175 e. The monoisotopic (exact) mass is 331 g/mol. The maximum atomic E-state index is 4.33. The number of thioether (sulfide) groups is 2. The van der Waals surface area contributed by atoms with Crippen molar-refractivity contribution in [3.05, 3.63) is 0 Å². The fourth-order valence-electron chi connectivity index (χ4n) is 2.66. The molecule has 0 aromatic carbocycles. The molecule has 2 unspecified atom stereocenters. The van der Waals surface area contributed by atoms with Gasteiger partial charge in [0.25, 0.3) is 0 Å². The highest BCUT2D eigenvalue weighted by molar-refractivity contribution is 8.03. The molecule has 1 aromatic rings. The number of hydrogen-bond donors (Lipinski definition) is 1. The molecule has 3 nitrogen and oxygen atoms in total. The standard InChI is InChI=1S/C14H25N3S3/c1-5-8-15-10-6-7-14(2,3)9-11(10)19-13-17-16-12(18-4)20-13/h10-11,15H,5-9H2,1-4H3. The molecular weight excluding hydrogens is 306 g/mol. The second-order valence-electron chi connectivity index (χ2n) is 6.16. The number of aromatic nitrogens is 2. The van der Waals surface area contributed by atoms with E-state index >= 15 is 0 Å². The first-order valence-corrected chi connectivity index (χ1v) is 10.2. The molecule has 0 radical (unpaired) electrons. The molecule has 0 saturated heterocycles. The minimum atomic E-state index is 0.453. The van der Waals surface area contributed by atoms with Crippen LogP contribution in [0.5, 0.6) is 0 Å². The summed E-state index contributed by atoms with van der Waals surface area (Å²) in [4.78, 5) is 0. The van der Waals surface area contributed by atoms with Gasteiger partial charge in [-0.3, -0.25) is 0 Å². The van der Waals surface area contributed by atoms with Crippen molar-refractivity contribution >= 4 is 34.9 Å². The van der Waals surface area contributed by atoms with E-state index < -0.39 is 0 Å². The summed E-state index contributed by atoms with van der Waals surface area (Å²) in [6.07, 6.45) is 7.11. The summed E-state index contributed by atoms with van der Waals surface area (Å²) in [7, 11) is 0. The van der Waals surface area contributed by atoms with Crippen molar-refractivity contribution in [3.8, 4) is 0 Å². The Bertz CT molecular complexity index is 420. The molecule has 1 saturated carbocycles. The molecule has 6 heteroatoms. The van der Waals surface area contributed by atoms with Gasteiger partial charge in [0, 0.05) is 11.3 Å². The molecule has 1 aliphatic rings. The molecule has 2 rings (SSSR count). The van der Waals surface area contributed by atoms with Crippen molar-refractivity contribution in [2.75, 3.05) is 12.8 Å². The predicted molar refractivity (Wildman–Crippen MR) is 91.0 cm³/mol. The summed E-state index contributed by atoms with van der Waals surface area (Å²) in [5.41, 5.74) is 0.453. The Balaban J connectivity index is 2.02. The van der Waals surface area contributed by atoms with E-state index in [0.29, 0.717) is 16.7 Å². The highest BCUT2D eigenvalue weighted by Crippen LogP contribution is 2.43. The molecule has 1 heterocycles. The van der Waals surface area contributed by atoms with Gasteiger partial charge in [-0.15, -0.1) is 10.2 Å². The largest absolute Gasteiger partial charge is 0.313 e. The van der Waals surface area contributed by atoms with Gasteiger partial charge in [-0.25, -0.2) is 0 Å². The van der Waals surface area contributed by atoms with Crippen molar-refractivity contribution < 1.29 is 0 Å². The van der Waals surface area contributed by atoms with E-state index in [-0.39, 0.29) is 0 Å². The molecule has 0 amide bonds. The van der Waals surface area contributed by atoms with Crippen molar-refractivity contribution in [1.82, 2.24) is 15.5 Å². The van der Waals surface area contributed by atoms with E-state index in [2.05, 4.69) is 42.5 Å². The predicted octanol–water partition coefficient (Wildman–Crippen LogP) is 4.30. The van der Waals surface area contributed by atoms with Crippen LogP contribution in [0, 0.1) is 5.41 Å². The molecule has 0 spiro atoms. The summed E-state index contributed by atoms with van der Waals surface area (Å²) in [6.45, 7) is 8.14. The third-order valence-electron chi connectivity index (χ3n) is 3.81. The highest BCUT2D eigenvalue weighted by Gasteiger charge is 2.35. The van der Waals surface area contributed by atoms with Crippen LogP contribution in [0.1, 0.15) is 46.5 Å². The van der Waals surface area contributed by atoms with Crippen LogP contribution in [0.2, 0.25) is 0 Å². The zero-order valence-electron chi connectivity index (χ0n) is 12.8. The Kier molecular flexibility index (Phi) is 6.20. The van der Waals surface area contributed by atoms with Gasteiger partial charge < -0.3 is 5.32 Å².